The molecule has 1 amide bonds. The first-order valence-corrected chi connectivity index (χ1v) is 5.79. The first-order valence-electron chi connectivity index (χ1n) is 5.79. The van der Waals surface area contributed by atoms with Crippen molar-refractivity contribution >= 4 is 5.91 Å². The van der Waals surface area contributed by atoms with Gasteiger partial charge < -0.3 is 15.4 Å². The zero-order valence-electron chi connectivity index (χ0n) is 9.34. The first-order chi connectivity index (χ1) is 7.26. The van der Waals surface area contributed by atoms with Gasteiger partial charge in [-0.05, 0) is 32.2 Å². The van der Waals surface area contributed by atoms with Crippen LogP contribution in [-0.2, 0) is 9.53 Å². The molecule has 2 N–H and O–H groups in total. The van der Waals surface area contributed by atoms with Gasteiger partial charge in [0, 0.05) is 20.2 Å². The molecule has 0 radical (unpaired) electrons. The number of rotatable bonds is 4. The van der Waals surface area contributed by atoms with Crippen LogP contribution in [-0.4, -0.2) is 38.3 Å². The fraction of sp³-hybridized carbons (Fsp3) is 0.909. The van der Waals surface area contributed by atoms with Gasteiger partial charge in [0.05, 0.1) is 11.5 Å². The maximum atomic E-state index is 11.7. The van der Waals surface area contributed by atoms with E-state index in [2.05, 4.69) is 10.6 Å². The molecule has 2 aliphatic rings. The van der Waals surface area contributed by atoms with Crippen LogP contribution in [0.3, 0.4) is 0 Å². The highest BCUT2D eigenvalue weighted by Gasteiger charge is 2.37. The van der Waals surface area contributed by atoms with E-state index in [4.69, 9.17) is 4.74 Å². The molecule has 0 aromatic heterocycles. The van der Waals surface area contributed by atoms with E-state index in [1.165, 1.54) is 6.42 Å². The minimum Gasteiger partial charge on any atom is -0.376 e. The van der Waals surface area contributed by atoms with Gasteiger partial charge in [-0.25, -0.2) is 0 Å². The van der Waals surface area contributed by atoms with Crippen molar-refractivity contribution in [3.05, 3.63) is 0 Å². The molecule has 4 heteroatoms. The van der Waals surface area contributed by atoms with Crippen LogP contribution in [0, 0.1) is 5.92 Å². The van der Waals surface area contributed by atoms with E-state index in [0.717, 1.165) is 32.4 Å². The van der Waals surface area contributed by atoms with E-state index < -0.39 is 0 Å². The summed E-state index contributed by atoms with van der Waals surface area (Å²) in [7, 11) is 1.74. The van der Waals surface area contributed by atoms with Gasteiger partial charge in [-0.2, -0.15) is 0 Å². The third kappa shape index (κ3) is 2.32. The summed E-state index contributed by atoms with van der Waals surface area (Å²) in [5, 5.41) is 6.21. The van der Waals surface area contributed by atoms with Crippen molar-refractivity contribution in [3.63, 3.8) is 0 Å². The van der Waals surface area contributed by atoms with E-state index in [1.54, 1.807) is 7.11 Å². The van der Waals surface area contributed by atoms with E-state index in [0.29, 0.717) is 6.54 Å². The molecule has 0 bridgehead atoms. The fourth-order valence-corrected chi connectivity index (χ4v) is 2.30. The molecule has 86 valence electrons. The summed E-state index contributed by atoms with van der Waals surface area (Å²) in [6.07, 6.45) is 4.33. The smallest absolute Gasteiger partial charge is 0.224 e. The van der Waals surface area contributed by atoms with Crippen molar-refractivity contribution < 1.29 is 9.53 Å². The number of hydrogen-bond donors (Lipinski definition) is 2. The second-order valence-electron chi connectivity index (χ2n) is 4.65. The number of carbonyl (C=O) groups is 1. The summed E-state index contributed by atoms with van der Waals surface area (Å²) in [6, 6.07) is 0. The van der Waals surface area contributed by atoms with Gasteiger partial charge in [0.15, 0.2) is 0 Å². The monoisotopic (exact) mass is 212 g/mol. The van der Waals surface area contributed by atoms with Crippen LogP contribution in [0.2, 0.25) is 0 Å². The zero-order chi connectivity index (χ0) is 10.7. The van der Waals surface area contributed by atoms with Crippen LogP contribution in [0.4, 0.5) is 0 Å². The molecule has 2 fully saturated rings. The number of nitrogens with one attached hydrogen (secondary N) is 2. The van der Waals surface area contributed by atoms with E-state index in [9.17, 15) is 4.79 Å². The van der Waals surface area contributed by atoms with Crippen molar-refractivity contribution in [2.75, 3.05) is 26.7 Å². The number of carbonyl (C=O) groups excluding carboxylic acids is 1. The fourth-order valence-electron chi connectivity index (χ4n) is 2.30. The molecular formula is C11H20N2O2. The molecule has 1 heterocycles. The Kier molecular flexibility index (Phi) is 3.26. The number of hydrogen-bond acceptors (Lipinski definition) is 3. The van der Waals surface area contributed by atoms with Gasteiger partial charge in [0.25, 0.3) is 0 Å². The lowest BCUT2D eigenvalue weighted by atomic mass is 9.80. The van der Waals surface area contributed by atoms with Gasteiger partial charge in [0.2, 0.25) is 5.91 Å². The van der Waals surface area contributed by atoms with Crippen molar-refractivity contribution in [3.8, 4) is 0 Å². The second kappa shape index (κ2) is 4.49. The molecule has 1 saturated heterocycles. The molecule has 4 nitrogen and oxygen atoms in total. The zero-order valence-corrected chi connectivity index (χ0v) is 9.34. The largest absolute Gasteiger partial charge is 0.376 e. The summed E-state index contributed by atoms with van der Waals surface area (Å²) in [5.74, 6) is 0.349. The third-order valence-corrected chi connectivity index (χ3v) is 3.71. The number of methoxy groups -OCH3 is 1. The van der Waals surface area contributed by atoms with Crippen LogP contribution in [0.15, 0.2) is 0 Å². The van der Waals surface area contributed by atoms with Crippen molar-refractivity contribution in [1.82, 2.24) is 10.6 Å². The summed E-state index contributed by atoms with van der Waals surface area (Å²) in [4.78, 5) is 11.7. The molecule has 0 aromatic carbocycles. The maximum Gasteiger partial charge on any atom is 0.224 e. The second-order valence-corrected chi connectivity index (χ2v) is 4.65. The highest BCUT2D eigenvalue weighted by atomic mass is 16.5. The number of amides is 1. The standard InChI is InChI=1S/C11H20N2O2/c1-15-11(4-2-5-11)8-13-10(14)9-3-6-12-7-9/h9,12H,2-8H2,1H3,(H,13,14). The third-order valence-electron chi connectivity index (χ3n) is 3.71. The summed E-state index contributed by atoms with van der Waals surface area (Å²) >= 11 is 0. The van der Waals surface area contributed by atoms with Crippen LogP contribution in [0.25, 0.3) is 0 Å². The minimum absolute atomic E-state index is 0.0539. The SMILES string of the molecule is COC1(CNC(=O)C2CCNC2)CCC1. The Morgan fingerprint density at radius 2 is 2.40 bits per heavy atom. The van der Waals surface area contributed by atoms with Crippen LogP contribution in [0.1, 0.15) is 25.7 Å². The molecule has 0 spiro atoms. The lowest BCUT2D eigenvalue weighted by molar-refractivity contribution is -0.128. The number of ether oxygens (including phenoxy) is 1. The molecule has 1 aliphatic carbocycles. The average molecular weight is 212 g/mol. The minimum atomic E-state index is -0.0539. The molecule has 1 atom stereocenters. The predicted octanol–water partition coefficient (Wildman–Crippen LogP) is 0.281. The van der Waals surface area contributed by atoms with Gasteiger partial charge in [-0.3, -0.25) is 4.79 Å². The lowest BCUT2D eigenvalue weighted by Crippen LogP contribution is -2.50. The normalized spacial score (nSPS) is 28.5. The van der Waals surface area contributed by atoms with Gasteiger partial charge in [0.1, 0.15) is 0 Å². The Balaban J connectivity index is 1.74. The van der Waals surface area contributed by atoms with Crippen molar-refractivity contribution in [1.29, 1.82) is 0 Å². The first kappa shape index (κ1) is 10.9. The van der Waals surface area contributed by atoms with E-state index in [-0.39, 0.29) is 17.4 Å². The highest BCUT2D eigenvalue weighted by molar-refractivity contribution is 5.79. The molecule has 1 aliphatic heterocycles. The topological polar surface area (TPSA) is 50.4 Å². The predicted molar refractivity (Wildman–Crippen MR) is 57.6 cm³/mol. The van der Waals surface area contributed by atoms with Crippen LogP contribution >= 0.6 is 0 Å². The molecular weight excluding hydrogens is 192 g/mol. The summed E-state index contributed by atoms with van der Waals surface area (Å²) < 4.78 is 5.46. The van der Waals surface area contributed by atoms with E-state index >= 15 is 0 Å². The lowest BCUT2D eigenvalue weighted by Gasteiger charge is -2.40. The molecule has 0 aromatic rings. The molecule has 1 unspecified atom stereocenters. The molecule has 1 saturated carbocycles. The van der Waals surface area contributed by atoms with Crippen molar-refractivity contribution in [2.45, 2.75) is 31.3 Å². The van der Waals surface area contributed by atoms with Gasteiger partial charge >= 0.3 is 0 Å². The van der Waals surface area contributed by atoms with Crippen molar-refractivity contribution in [2.24, 2.45) is 5.92 Å². The Morgan fingerprint density at radius 1 is 1.60 bits per heavy atom. The quantitative estimate of drug-likeness (QED) is 0.704. The summed E-state index contributed by atoms with van der Waals surface area (Å²) in [6.45, 7) is 2.47. The molecule has 2 rings (SSSR count). The average Bonchev–Trinajstić information content (AvgIpc) is 2.69. The van der Waals surface area contributed by atoms with Crippen LogP contribution in [0.5, 0.6) is 0 Å². The summed E-state index contributed by atoms with van der Waals surface area (Å²) in [5.41, 5.74) is -0.0539. The van der Waals surface area contributed by atoms with Gasteiger partial charge in [-0.15, -0.1) is 0 Å². The maximum absolute atomic E-state index is 11.7. The van der Waals surface area contributed by atoms with Gasteiger partial charge in [-0.1, -0.05) is 0 Å². The Hall–Kier alpha value is -0.610. The Morgan fingerprint density at radius 3 is 2.87 bits per heavy atom. The van der Waals surface area contributed by atoms with E-state index in [1.807, 2.05) is 0 Å². The van der Waals surface area contributed by atoms with Crippen LogP contribution < -0.4 is 10.6 Å². The Bertz CT molecular complexity index is 227. The highest BCUT2D eigenvalue weighted by Crippen LogP contribution is 2.34. The molecule has 15 heavy (non-hydrogen) atoms. The Labute approximate surface area is 90.8 Å².